The van der Waals surface area contributed by atoms with Crippen molar-refractivity contribution in [2.24, 2.45) is 30.7 Å². The van der Waals surface area contributed by atoms with Crippen molar-refractivity contribution in [1.82, 2.24) is 20.0 Å². The number of aryl methyl sites for hydroxylation is 1. The number of fused-ring (bicyclic) bond motifs is 2. The second-order valence-corrected chi connectivity index (χ2v) is 8.16. The number of carbonyl (C=O) groups is 2. The molecule has 2 heterocycles. The first-order valence-electron chi connectivity index (χ1n) is 9.66. The van der Waals surface area contributed by atoms with Crippen LogP contribution >= 0.6 is 0 Å². The first-order valence-corrected chi connectivity index (χ1v) is 9.66. The molecule has 2 aliphatic carbocycles. The molecule has 0 aromatic carbocycles. The summed E-state index contributed by atoms with van der Waals surface area (Å²) >= 11 is 0. The molecule has 1 saturated heterocycles. The summed E-state index contributed by atoms with van der Waals surface area (Å²) in [5, 5.41) is 7.03. The zero-order valence-electron chi connectivity index (χ0n) is 15.0. The quantitative estimate of drug-likeness (QED) is 0.906. The zero-order chi connectivity index (χ0) is 17.4. The van der Waals surface area contributed by atoms with E-state index in [0.717, 1.165) is 38.3 Å². The summed E-state index contributed by atoms with van der Waals surface area (Å²) < 4.78 is 1.63. The molecule has 4 rings (SSSR count). The van der Waals surface area contributed by atoms with E-state index >= 15 is 0 Å². The predicted octanol–water partition coefficient (Wildman–Crippen LogP) is 1.82. The third-order valence-corrected chi connectivity index (χ3v) is 6.50. The highest BCUT2D eigenvalue weighted by Crippen LogP contribution is 2.49. The minimum absolute atomic E-state index is 0.0615. The van der Waals surface area contributed by atoms with Gasteiger partial charge in [0, 0.05) is 38.8 Å². The summed E-state index contributed by atoms with van der Waals surface area (Å²) in [5.41, 5.74) is 0.603. The van der Waals surface area contributed by atoms with Crippen LogP contribution in [0.3, 0.4) is 0 Å². The Morgan fingerprint density at radius 1 is 1.20 bits per heavy atom. The van der Waals surface area contributed by atoms with Gasteiger partial charge in [-0.25, -0.2) is 0 Å². The van der Waals surface area contributed by atoms with Gasteiger partial charge in [0.25, 0.3) is 5.91 Å². The summed E-state index contributed by atoms with van der Waals surface area (Å²) in [4.78, 5) is 27.0. The average Bonchev–Trinajstić information content (AvgIpc) is 3.36. The molecule has 1 N–H and O–H groups in total. The lowest BCUT2D eigenvalue weighted by atomic mass is 9.86. The van der Waals surface area contributed by atoms with E-state index in [1.807, 2.05) is 0 Å². The zero-order valence-corrected chi connectivity index (χ0v) is 15.0. The minimum Gasteiger partial charge on any atom is -0.352 e. The van der Waals surface area contributed by atoms with Gasteiger partial charge in [-0.1, -0.05) is 6.42 Å². The molecule has 0 unspecified atom stereocenters. The Morgan fingerprint density at radius 2 is 2.00 bits per heavy atom. The topological polar surface area (TPSA) is 67.2 Å². The van der Waals surface area contributed by atoms with Gasteiger partial charge in [-0.3, -0.25) is 14.3 Å². The summed E-state index contributed by atoms with van der Waals surface area (Å²) in [6.07, 6.45) is 10.3. The van der Waals surface area contributed by atoms with Gasteiger partial charge in [-0.05, 0) is 49.9 Å². The molecular formula is C19H28N4O2. The monoisotopic (exact) mass is 344 g/mol. The van der Waals surface area contributed by atoms with Gasteiger partial charge in [0.2, 0.25) is 5.91 Å². The molecule has 1 aliphatic heterocycles. The Hall–Kier alpha value is -1.85. The number of nitrogens with one attached hydrogen (secondary N) is 1. The van der Waals surface area contributed by atoms with Crippen molar-refractivity contribution in [2.75, 3.05) is 19.6 Å². The fourth-order valence-electron chi connectivity index (χ4n) is 5.02. The van der Waals surface area contributed by atoms with Crippen molar-refractivity contribution in [2.45, 2.75) is 38.5 Å². The van der Waals surface area contributed by atoms with Gasteiger partial charge in [-0.15, -0.1) is 0 Å². The number of nitrogens with zero attached hydrogens (tertiary/aromatic N) is 3. The van der Waals surface area contributed by atoms with Gasteiger partial charge < -0.3 is 10.2 Å². The lowest BCUT2D eigenvalue weighted by Crippen LogP contribution is -2.44. The molecule has 6 heteroatoms. The van der Waals surface area contributed by atoms with Crippen molar-refractivity contribution < 1.29 is 9.59 Å². The van der Waals surface area contributed by atoms with Crippen LogP contribution in [0.2, 0.25) is 0 Å². The number of hydrogen-bond acceptors (Lipinski definition) is 3. The molecule has 2 amide bonds. The van der Waals surface area contributed by atoms with E-state index in [4.69, 9.17) is 0 Å². The number of carbonyl (C=O) groups excluding carboxylic acids is 2. The maximum atomic E-state index is 12.8. The Balaban J connectivity index is 1.22. The van der Waals surface area contributed by atoms with E-state index in [1.165, 1.54) is 19.3 Å². The van der Waals surface area contributed by atoms with E-state index in [0.29, 0.717) is 35.8 Å². The second-order valence-electron chi connectivity index (χ2n) is 8.16. The van der Waals surface area contributed by atoms with E-state index < -0.39 is 0 Å². The first-order chi connectivity index (χ1) is 12.1. The highest BCUT2D eigenvalue weighted by Gasteiger charge is 2.44. The molecule has 3 atom stereocenters. The van der Waals surface area contributed by atoms with Gasteiger partial charge in [0.15, 0.2) is 0 Å². The minimum atomic E-state index is -0.0615. The highest BCUT2D eigenvalue weighted by molar-refractivity contribution is 5.93. The molecule has 3 aliphatic rings. The van der Waals surface area contributed by atoms with Crippen LogP contribution in [-0.2, 0) is 11.8 Å². The molecule has 0 spiro atoms. The number of likely N-dealkylation sites (tertiary alicyclic amines) is 1. The Morgan fingerprint density at radius 3 is 2.60 bits per heavy atom. The van der Waals surface area contributed by atoms with E-state index in [9.17, 15) is 9.59 Å². The standard InChI is InChI=1S/C19H28N4O2/c1-22-12-16(11-21-22)18(24)20-10-13-4-6-23(7-5-13)19(25)17-9-14-2-3-15(17)8-14/h11-15,17H,2-10H2,1H3,(H,20,24)/t14-,15+,17-/m0/s1. The van der Waals surface area contributed by atoms with Crippen LogP contribution in [0.1, 0.15) is 48.9 Å². The van der Waals surface area contributed by atoms with Crippen LogP contribution in [0.4, 0.5) is 0 Å². The van der Waals surface area contributed by atoms with Crippen molar-refractivity contribution >= 4 is 11.8 Å². The van der Waals surface area contributed by atoms with Crippen molar-refractivity contribution in [3.8, 4) is 0 Å². The van der Waals surface area contributed by atoms with Crippen molar-refractivity contribution in [3.63, 3.8) is 0 Å². The molecule has 3 fully saturated rings. The second kappa shape index (κ2) is 6.81. The molecule has 1 aromatic rings. The normalized spacial score (nSPS) is 29.2. The van der Waals surface area contributed by atoms with Crippen LogP contribution in [0, 0.1) is 23.7 Å². The fourth-order valence-corrected chi connectivity index (χ4v) is 5.02. The third kappa shape index (κ3) is 3.44. The molecule has 136 valence electrons. The smallest absolute Gasteiger partial charge is 0.254 e. The molecular weight excluding hydrogens is 316 g/mol. The Kier molecular flexibility index (Phi) is 4.52. The maximum absolute atomic E-state index is 12.8. The SMILES string of the molecule is Cn1cc(C(=O)NCC2CCN(C(=O)[C@H]3C[C@H]4CC[C@@H]3C4)CC2)cn1. The first kappa shape index (κ1) is 16.6. The number of hydrogen-bond donors (Lipinski definition) is 1. The molecule has 6 nitrogen and oxygen atoms in total. The van der Waals surface area contributed by atoms with E-state index in [1.54, 1.807) is 24.1 Å². The van der Waals surface area contributed by atoms with Gasteiger partial charge in [-0.2, -0.15) is 5.10 Å². The van der Waals surface area contributed by atoms with E-state index in [-0.39, 0.29) is 5.91 Å². The number of piperidine rings is 1. The average molecular weight is 344 g/mol. The van der Waals surface area contributed by atoms with Gasteiger partial charge in [0.1, 0.15) is 0 Å². The summed E-state index contributed by atoms with van der Waals surface area (Å²) in [6.45, 7) is 2.38. The highest BCUT2D eigenvalue weighted by atomic mass is 16.2. The third-order valence-electron chi connectivity index (χ3n) is 6.50. The number of aromatic nitrogens is 2. The van der Waals surface area contributed by atoms with Crippen molar-refractivity contribution in [1.29, 1.82) is 0 Å². The van der Waals surface area contributed by atoms with Crippen LogP contribution in [0.25, 0.3) is 0 Å². The summed E-state index contributed by atoms with van der Waals surface area (Å²) in [5.74, 6) is 2.59. The molecule has 2 bridgehead atoms. The number of rotatable bonds is 4. The van der Waals surface area contributed by atoms with Crippen LogP contribution in [0.5, 0.6) is 0 Å². The lowest BCUT2D eigenvalue weighted by Gasteiger charge is -2.35. The van der Waals surface area contributed by atoms with Gasteiger partial charge in [0.05, 0.1) is 11.8 Å². The van der Waals surface area contributed by atoms with Crippen LogP contribution < -0.4 is 5.32 Å². The van der Waals surface area contributed by atoms with E-state index in [2.05, 4.69) is 15.3 Å². The fraction of sp³-hybridized carbons (Fsp3) is 0.737. The van der Waals surface area contributed by atoms with Crippen LogP contribution in [0.15, 0.2) is 12.4 Å². The maximum Gasteiger partial charge on any atom is 0.254 e. The molecule has 1 aromatic heterocycles. The summed E-state index contributed by atoms with van der Waals surface area (Å²) in [6, 6.07) is 0. The Bertz CT molecular complexity index is 648. The predicted molar refractivity (Wildman–Crippen MR) is 93.8 cm³/mol. The largest absolute Gasteiger partial charge is 0.352 e. The van der Waals surface area contributed by atoms with Crippen molar-refractivity contribution in [3.05, 3.63) is 18.0 Å². The van der Waals surface area contributed by atoms with Crippen LogP contribution in [-0.4, -0.2) is 46.1 Å². The van der Waals surface area contributed by atoms with Gasteiger partial charge >= 0.3 is 0 Å². The summed E-state index contributed by atoms with van der Waals surface area (Å²) in [7, 11) is 1.81. The molecule has 0 radical (unpaired) electrons. The molecule has 2 saturated carbocycles. The molecule has 25 heavy (non-hydrogen) atoms. The lowest BCUT2D eigenvalue weighted by molar-refractivity contribution is -0.138. The Labute approximate surface area is 148 Å². The number of amides is 2.